The molecule has 1 radical (unpaired) electrons. The van der Waals surface area contributed by atoms with Gasteiger partial charge < -0.3 is 19.8 Å². The Hall–Kier alpha value is -2.74. The number of alkyl halides is 6. The van der Waals surface area contributed by atoms with Gasteiger partial charge in [0.2, 0.25) is 5.95 Å². The zero-order valence-electron chi connectivity index (χ0n) is 19.2. The summed E-state index contributed by atoms with van der Waals surface area (Å²) in [5.74, 6) is 0.339. The molecule has 195 valence electrons. The highest BCUT2D eigenvalue weighted by Gasteiger charge is 2.56. The number of aromatic nitrogens is 4. The molecule has 2 unspecified atom stereocenters. The summed E-state index contributed by atoms with van der Waals surface area (Å²) < 4.78 is 89.8. The summed E-state index contributed by atoms with van der Waals surface area (Å²) in [5, 5.41) is 0.446. The van der Waals surface area contributed by atoms with Crippen LogP contribution in [0.3, 0.4) is 0 Å². The van der Waals surface area contributed by atoms with Crippen LogP contribution in [-0.4, -0.2) is 44.6 Å². The number of rotatable bonds is 9. The van der Waals surface area contributed by atoms with E-state index < -0.39 is 36.9 Å². The topological polar surface area (TPSA) is 88.1 Å². The van der Waals surface area contributed by atoms with Crippen LogP contribution in [0.25, 0.3) is 11.2 Å². The van der Waals surface area contributed by atoms with Crippen molar-refractivity contribution in [1.29, 1.82) is 0 Å². The molecule has 2 aromatic heterocycles. The van der Waals surface area contributed by atoms with Crippen molar-refractivity contribution in [1.82, 2.24) is 19.5 Å². The third kappa shape index (κ3) is 6.33. The third-order valence-electron chi connectivity index (χ3n) is 5.69. The first kappa shape index (κ1) is 26.3. The lowest BCUT2D eigenvalue weighted by Crippen LogP contribution is -2.31. The van der Waals surface area contributed by atoms with Crippen molar-refractivity contribution < 1.29 is 35.8 Å². The van der Waals surface area contributed by atoms with E-state index in [9.17, 15) is 26.3 Å². The van der Waals surface area contributed by atoms with Crippen molar-refractivity contribution in [2.45, 2.75) is 60.6 Å². The molecule has 2 atom stereocenters. The predicted octanol–water partition coefficient (Wildman–Crippen LogP) is 5.80. The Kier molecular flexibility index (Phi) is 7.03. The molecule has 0 bridgehead atoms. The van der Waals surface area contributed by atoms with Gasteiger partial charge in [-0.2, -0.15) is 31.3 Å². The maximum absolute atomic E-state index is 12.9. The molecule has 1 fully saturated rings. The van der Waals surface area contributed by atoms with E-state index >= 15 is 0 Å². The number of methoxy groups -OCH3 is 1. The second-order valence-electron chi connectivity index (χ2n) is 8.60. The van der Waals surface area contributed by atoms with Gasteiger partial charge in [0.05, 0.1) is 38.4 Å². The fraction of sp³-hybridized carbons (Fsp3) is 0.455. The number of benzene rings is 1. The Morgan fingerprint density at radius 3 is 2.25 bits per heavy atom. The summed E-state index contributed by atoms with van der Waals surface area (Å²) in [6.07, 6.45) is -12.6. The monoisotopic (exact) mass is 534 g/mol. The van der Waals surface area contributed by atoms with Gasteiger partial charge >= 0.3 is 12.4 Å². The lowest BCUT2D eigenvalue weighted by atomic mass is 10.1. The Bertz CT molecular complexity index is 1200. The Morgan fingerprint density at radius 1 is 1.11 bits per heavy atom. The molecule has 4 rings (SSSR count). The number of nitrogens with two attached hydrogens (primary N) is 1. The van der Waals surface area contributed by atoms with Crippen LogP contribution in [0.5, 0.6) is 5.75 Å². The molecule has 3 aromatic rings. The summed E-state index contributed by atoms with van der Waals surface area (Å²) in [7, 11) is 1.55. The molecule has 1 aliphatic carbocycles. The molecule has 36 heavy (non-hydrogen) atoms. The quantitative estimate of drug-likeness (QED) is 0.274. The van der Waals surface area contributed by atoms with Crippen LogP contribution in [0.1, 0.15) is 26.2 Å². The van der Waals surface area contributed by atoms with Crippen molar-refractivity contribution in [3.63, 3.8) is 0 Å². The molecule has 1 saturated carbocycles. The number of halogens is 6. The van der Waals surface area contributed by atoms with E-state index in [1.165, 1.54) is 22.7 Å². The Labute approximate surface area is 206 Å². The summed E-state index contributed by atoms with van der Waals surface area (Å²) in [6, 6.07) is 7.18. The average Bonchev–Trinajstić information content (AvgIpc) is 3.17. The van der Waals surface area contributed by atoms with Crippen LogP contribution >= 0.6 is 11.8 Å². The predicted molar refractivity (Wildman–Crippen MR) is 119 cm³/mol. The van der Waals surface area contributed by atoms with Crippen LogP contribution in [0, 0.1) is 12.0 Å². The van der Waals surface area contributed by atoms with Crippen LogP contribution < -0.4 is 10.5 Å². The fourth-order valence-corrected chi connectivity index (χ4v) is 4.76. The van der Waals surface area contributed by atoms with Gasteiger partial charge in [0, 0.05) is 4.90 Å². The molecule has 0 spiro atoms. The summed E-state index contributed by atoms with van der Waals surface area (Å²) in [6.45, 7) is 1.65. The zero-order valence-corrected chi connectivity index (χ0v) is 20.0. The van der Waals surface area contributed by atoms with Gasteiger partial charge in [0.15, 0.2) is 5.65 Å². The minimum atomic E-state index is -4.84. The van der Waals surface area contributed by atoms with Crippen LogP contribution in [-0.2, 0) is 11.3 Å². The summed E-state index contributed by atoms with van der Waals surface area (Å²) in [4.78, 5) is 13.6. The normalized spacial score (nSPS) is 20.3. The molecular weight excluding hydrogens is 512 g/mol. The Morgan fingerprint density at radius 2 is 1.72 bits per heavy atom. The fourth-order valence-electron chi connectivity index (χ4n) is 3.89. The molecule has 1 aliphatic rings. The standard InChI is InChI=1S/C22H22F6N5O2S/c1-12-7-20(12,35-14(8-21(23,24)25)9-22(26,27)28)10-33-11-30-16-17(33)31-19(29)32-18(16)36-15-5-3-13(34-2)4-6-15/h3-6,11-12H,7-10H2,1-2H3,(H2,29,31,32). The van der Waals surface area contributed by atoms with Crippen molar-refractivity contribution in [3.8, 4) is 5.75 Å². The average molecular weight is 535 g/mol. The first-order valence-corrected chi connectivity index (χ1v) is 11.6. The smallest absolute Gasteiger partial charge is 0.391 e. The number of nitrogen functional groups attached to an aromatic ring is 1. The molecule has 1 aromatic carbocycles. The molecular formula is C22H22F6N5O2S. The van der Waals surface area contributed by atoms with Crippen molar-refractivity contribution >= 4 is 28.9 Å². The van der Waals surface area contributed by atoms with Gasteiger partial charge in [-0.25, -0.2) is 9.97 Å². The molecule has 0 amide bonds. The molecule has 14 heteroatoms. The molecule has 0 saturated heterocycles. The van der Waals surface area contributed by atoms with Crippen LogP contribution in [0.2, 0.25) is 0 Å². The van der Waals surface area contributed by atoms with E-state index in [4.69, 9.17) is 15.2 Å². The first-order chi connectivity index (χ1) is 16.8. The van der Waals surface area contributed by atoms with Gasteiger partial charge in [-0.3, -0.25) is 0 Å². The minimum Gasteiger partial charge on any atom is -0.497 e. The second kappa shape index (κ2) is 9.61. The van der Waals surface area contributed by atoms with Gasteiger partial charge in [-0.05, 0) is 36.6 Å². The van der Waals surface area contributed by atoms with E-state index in [0.29, 0.717) is 21.9 Å². The first-order valence-electron chi connectivity index (χ1n) is 10.7. The summed E-state index contributed by atoms with van der Waals surface area (Å²) in [5.41, 5.74) is 5.34. The van der Waals surface area contributed by atoms with Crippen molar-refractivity contribution in [3.05, 3.63) is 36.7 Å². The Balaban J connectivity index is 1.59. The lowest BCUT2D eigenvalue weighted by molar-refractivity contribution is -0.178. The van der Waals surface area contributed by atoms with E-state index in [0.717, 1.165) is 4.90 Å². The van der Waals surface area contributed by atoms with Crippen LogP contribution in [0.15, 0.2) is 40.5 Å². The number of anilines is 1. The number of ether oxygens (including phenoxy) is 2. The van der Waals surface area contributed by atoms with Gasteiger partial charge in [0.1, 0.15) is 22.4 Å². The number of hydrogen-bond acceptors (Lipinski definition) is 7. The van der Waals surface area contributed by atoms with E-state index in [1.807, 2.05) is 12.1 Å². The number of nitrogens with zero attached hydrogens (tertiary/aromatic N) is 4. The summed E-state index contributed by atoms with van der Waals surface area (Å²) >= 11 is 1.27. The lowest BCUT2D eigenvalue weighted by Gasteiger charge is -2.26. The van der Waals surface area contributed by atoms with E-state index in [2.05, 4.69) is 15.0 Å². The van der Waals surface area contributed by atoms with Crippen molar-refractivity contribution in [2.24, 2.45) is 5.92 Å². The SMILES string of the molecule is COc1ccc(Sc2nc(N)nc3c2ncn3CC2(O[C](CC(F)(F)F)CC(F)(F)F)CC2C)cc1. The van der Waals surface area contributed by atoms with Crippen molar-refractivity contribution in [2.75, 3.05) is 12.8 Å². The third-order valence-corrected chi connectivity index (χ3v) is 6.68. The van der Waals surface area contributed by atoms with Gasteiger partial charge in [-0.1, -0.05) is 18.7 Å². The zero-order chi connectivity index (χ0) is 26.3. The molecule has 2 N–H and O–H groups in total. The number of fused-ring (bicyclic) bond motifs is 1. The second-order valence-corrected chi connectivity index (χ2v) is 9.67. The molecule has 0 aliphatic heterocycles. The highest BCUT2D eigenvalue weighted by atomic mass is 32.2. The highest BCUT2D eigenvalue weighted by molar-refractivity contribution is 7.99. The van der Waals surface area contributed by atoms with E-state index in [-0.39, 0.29) is 24.8 Å². The van der Waals surface area contributed by atoms with Gasteiger partial charge in [0.25, 0.3) is 0 Å². The van der Waals surface area contributed by atoms with Gasteiger partial charge in [-0.15, -0.1) is 0 Å². The van der Waals surface area contributed by atoms with Crippen LogP contribution in [0.4, 0.5) is 32.3 Å². The number of hydrogen-bond donors (Lipinski definition) is 1. The minimum absolute atomic E-state index is 0.0486. The number of imidazole rings is 1. The molecule has 7 nitrogen and oxygen atoms in total. The highest BCUT2D eigenvalue weighted by Crippen LogP contribution is 2.52. The maximum atomic E-state index is 12.9. The largest absolute Gasteiger partial charge is 0.497 e. The molecule has 2 heterocycles. The maximum Gasteiger partial charge on any atom is 0.391 e. The van der Waals surface area contributed by atoms with E-state index in [1.54, 1.807) is 26.2 Å².